The predicted molar refractivity (Wildman–Crippen MR) is 182 cm³/mol. The number of piperidine rings is 1. The van der Waals surface area contributed by atoms with Crippen LogP contribution in [-0.2, 0) is 0 Å². The van der Waals surface area contributed by atoms with Crippen LogP contribution in [0.25, 0.3) is 11.0 Å². The molecule has 2 aliphatic rings. The van der Waals surface area contributed by atoms with E-state index in [0.717, 1.165) is 46.9 Å². The highest BCUT2D eigenvalue weighted by atomic mass is 32.2. The van der Waals surface area contributed by atoms with Crippen molar-refractivity contribution in [3.05, 3.63) is 54.5 Å². The monoisotopic (exact) mass is 614 g/mol. The van der Waals surface area contributed by atoms with Crippen molar-refractivity contribution < 1.29 is 4.74 Å². The number of nitrogens with one attached hydrogen (secondary N) is 2. The van der Waals surface area contributed by atoms with E-state index < -0.39 is 0 Å². The summed E-state index contributed by atoms with van der Waals surface area (Å²) < 4.78 is 7.93. The van der Waals surface area contributed by atoms with E-state index in [2.05, 4.69) is 70.7 Å². The van der Waals surface area contributed by atoms with Gasteiger partial charge in [-0.25, -0.2) is 4.98 Å². The molecule has 6 rings (SSSR count). The summed E-state index contributed by atoms with van der Waals surface area (Å²) in [5, 5.41) is 6.87. The first-order valence-corrected chi connectivity index (χ1v) is 16.4. The summed E-state index contributed by atoms with van der Waals surface area (Å²) in [5.74, 6) is 1.91. The van der Waals surface area contributed by atoms with Gasteiger partial charge in [-0.1, -0.05) is 11.9 Å². The highest BCUT2D eigenvalue weighted by Gasteiger charge is 2.27. The first kappa shape index (κ1) is 30.2. The Bertz CT molecular complexity index is 1590. The zero-order chi connectivity index (χ0) is 30.6. The molecule has 0 amide bonds. The Morgan fingerprint density at radius 2 is 1.68 bits per heavy atom. The highest BCUT2D eigenvalue weighted by molar-refractivity contribution is 7.99. The van der Waals surface area contributed by atoms with Crippen LogP contribution < -0.4 is 24.6 Å². The molecule has 12 heteroatoms. The molecule has 0 saturated carbocycles. The maximum Gasteiger partial charge on any atom is 0.229 e. The second kappa shape index (κ2) is 13.4. The van der Waals surface area contributed by atoms with Gasteiger partial charge in [0.15, 0.2) is 0 Å². The average Bonchev–Trinajstić information content (AvgIpc) is 3.05. The summed E-state index contributed by atoms with van der Waals surface area (Å²) in [6, 6.07) is 10.8. The van der Waals surface area contributed by atoms with Gasteiger partial charge in [0, 0.05) is 89.0 Å². The Hall–Kier alpha value is -3.87. The smallest absolute Gasteiger partial charge is 0.229 e. The lowest BCUT2D eigenvalue weighted by atomic mass is 10.0. The normalized spacial score (nSPS) is 16.7. The molecule has 2 fully saturated rings. The van der Waals surface area contributed by atoms with Crippen molar-refractivity contribution in [2.75, 3.05) is 86.6 Å². The number of hydrogen-bond acceptors (Lipinski definition) is 12. The fourth-order valence-corrected chi connectivity index (χ4v) is 6.59. The molecular weight excluding hydrogens is 572 g/mol. The van der Waals surface area contributed by atoms with E-state index in [-0.39, 0.29) is 0 Å². The fourth-order valence-electron chi connectivity index (χ4n) is 6.22. The number of methoxy groups -OCH3 is 1. The molecule has 0 radical (unpaired) electrons. The van der Waals surface area contributed by atoms with Gasteiger partial charge in [-0.15, -0.1) is 0 Å². The minimum atomic E-state index is 0.480. The van der Waals surface area contributed by atoms with Crippen LogP contribution in [0.3, 0.4) is 0 Å². The van der Waals surface area contributed by atoms with Crippen molar-refractivity contribution >= 4 is 57.5 Å². The molecule has 2 aliphatic heterocycles. The number of anilines is 6. The van der Waals surface area contributed by atoms with E-state index in [1.165, 1.54) is 50.3 Å². The molecule has 0 unspecified atom stereocenters. The van der Waals surface area contributed by atoms with Crippen LogP contribution in [0.5, 0.6) is 5.75 Å². The largest absolute Gasteiger partial charge is 0.494 e. The van der Waals surface area contributed by atoms with Gasteiger partial charge in [0.1, 0.15) is 17.1 Å². The molecular formula is C32H42N10OS. The Balaban J connectivity index is 1.17. The van der Waals surface area contributed by atoms with E-state index in [0.29, 0.717) is 17.8 Å². The molecule has 4 heterocycles. The van der Waals surface area contributed by atoms with Crippen molar-refractivity contribution in [3.63, 3.8) is 0 Å². The maximum atomic E-state index is 5.86. The van der Waals surface area contributed by atoms with Crippen LogP contribution >= 0.6 is 11.9 Å². The Kier molecular flexibility index (Phi) is 9.20. The fraction of sp³-hybridized carbons (Fsp3) is 0.438. The molecule has 2 saturated heterocycles. The van der Waals surface area contributed by atoms with Crippen molar-refractivity contribution in [3.8, 4) is 5.75 Å². The average molecular weight is 615 g/mol. The van der Waals surface area contributed by atoms with Crippen molar-refractivity contribution in [2.45, 2.75) is 25.8 Å². The van der Waals surface area contributed by atoms with Gasteiger partial charge in [-0.05, 0) is 56.6 Å². The zero-order valence-electron chi connectivity index (χ0n) is 26.2. The number of aromatic nitrogens is 4. The van der Waals surface area contributed by atoms with Crippen LogP contribution in [0.1, 0.15) is 18.4 Å². The molecule has 44 heavy (non-hydrogen) atoms. The molecule has 232 valence electrons. The lowest BCUT2D eigenvalue weighted by Crippen LogP contribution is -2.52. The second-order valence-corrected chi connectivity index (χ2v) is 12.4. The van der Waals surface area contributed by atoms with E-state index in [1.807, 2.05) is 31.5 Å². The van der Waals surface area contributed by atoms with Gasteiger partial charge >= 0.3 is 0 Å². The third-order valence-electron chi connectivity index (χ3n) is 8.74. The van der Waals surface area contributed by atoms with E-state index in [9.17, 15) is 0 Å². The van der Waals surface area contributed by atoms with Crippen molar-refractivity contribution in [1.29, 1.82) is 0 Å². The van der Waals surface area contributed by atoms with Gasteiger partial charge in [-0.3, -0.25) is 14.9 Å². The van der Waals surface area contributed by atoms with Gasteiger partial charge in [0.25, 0.3) is 0 Å². The Morgan fingerprint density at radius 3 is 2.43 bits per heavy atom. The second-order valence-electron chi connectivity index (χ2n) is 11.5. The van der Waals surface area contributed by atoms with Crippen LogP contribution in [0.4, 0.5) is 34.5 Å². The van der Waals surface area contributed by atoms with Crippen LogP contribution in [0.2, 0.25) is 0 Å². The Morgan fingerprint density at radius 1 is 0.909 bits per heavy atom. The van der Waals surface area contributed by atoms with Crippen LogP contribution in [0, 0.1) is 6.92 Å². The minimum Gasteiger partial charge on any atom is -0.494 e. The van der Waals surface area contributed by atoms with E-state index >= 15 is 0 Å². The SMILES string of the molecule is COc1cc(N2CCC(N3CCN(C)CC3)CC2)c(C)cc1Nc1nccc(Nc2ccc3nccnc3c2N(C)SC)n1. The first-order chi connectivity index (χ1) is 21.4. The number of ether oxygens (including phenoxy) is 1. The molecule has 11 nitrogen and oxygen atoms in total. The molecule has 0 bridgehead atoms. The molecule has 0 aliphatic carbocycles. The summed E-state index contributed by atoms with van der Waals surface area (Å²) in [5.41, 5.74) is 6.75. The van der Waals surface area contributed by atoms with E-state index in [1.54, 1.807) is 37.6 Å². The third kappa shape index (κ3) is 6.47. The van der Waals surface area contributed by atoms with Crippen molar-refractivity contribution in [1.82, 2.24) is 29.7 Å². The zero-order valence-corrected chi connectivity index (χ0v) is 27.1. The number of likely N-dealkylation sites (N-methyl/N-ethyl adjacent to an activating group) is 1. The van der Waals surface area contributed by atoms with Gasteiger partial charge in [-0.2, -0.15) is 4.98 Å². The number of aryl methyl sites for hydroxylation is 1. The molecule has 2 aromatic heterocycles. The van der Waals surface area contributed by atoms with Gasteiger partial charge in [0.2, 0.25) is 5.95 Å². The maximum absolute atomic E-state index is 5.86. The molecule has 2 aromatic carbocycles. The summed E-state index contributed by atoms with van der Waals surface area (Å²) in [6.45, 7) is 8.97. The number of benzene rings is 2. The number of rotatable bonds is 9. The quantitative estimate of drug-likeness (QED) is 0.244. The van der Waals surface area contributed by atoms with Crippen LogP contribution in [0.15, 0.2) is 48.9 Å². The topological polar surface area (TPSA) is 97.8 Å². The number of hydrogen-bond donors (Lipinski definition) is 2. The van der Waals surface area contributed by atoms with Crippen molar-refractivity contribution in [2.24, 2.45) is 0 Å². The number of fused-ring (bicyclic) bond motifs is 1. The summed E-state index contributed by atoms with van der Waals surface area (Å²) >= 11 is 1.61. The Labute approximate surface area is 264 Å². The lowest BCUT2D eigenvalue weighted by molar-refractivity contribution is 0.0982. The summed E-state index contributed by atoms with van der Waals surface area (Å²) in [7, 11) is 5.95. The number of piperazine rings is 1. The minimum absolute atomic E-state index is 0.480. The summed E-state index contributed by atoms with van der Waals surface area (Å²) in [4.78, 5) is 26.0. The lowest BCUT2D eigenvalue weighted by Gasteiger charge is -2.43. The van der Waals surface area contributed by atoms with Gasteiger partial charge in [0.05, 0.1) is 29.7 Å². The summed E-state index contributed by atoms with van der Waals surface area (Å²) in [6.07, 6.45) is 9.58. The first-order valence-electron chi connectivity index (χ1n) is 15.2. The van der Waals surface area contributed by atoms with Gasteiger partial charge < -0.3 is 29.5 Å². The highest BCUT2D eigenvalue weighted by Crippen LogP contribution is 2.38. The van der Waals surface area contributed by atoms with Crippen LogP contribution in [-0.4, -0.2) is 103 Å². The van der Waals surface area contributed by atoms with E-state index in [4.69, 9.17) is 9.72 Å². The molecule has 4 aromatic rings. The standard InChI is InChI=1S/C32H42N10OS/c1-22-20-26(28(43-4)21-27(22)42-14-9-23(10-15-42)41-18-16-39(2)17-19-41)37-32-35-11-8-29(38-32)36-25-7-6-24-30(34-13-12-33-24)31(25)40(3)44-5/h6-8,11-13,20-21,23H,9-10,14-19H2,1-5H3,(H2,35,36,37,38). The number of nitrogens with zero attached hydrogens (tertiary/aromatic N) is 8. The molecule has 0 atom stereocenters. The molecule has 0 spiro atoms. The predicted octanol–water partition coefficient (Wildman–Crippen LogP) is 5.15. The molecule has 2 N–H and O–H groups in total. The third-order valence-corrected chi connectivity index (χ3v) is 9.48.